The van der Waals surface area contributed by atoms with Crippen molar-refractivity contribution in [2.75, 3.05) is 11.5 Å². The number of carboxylic acids is 1. The third-order valence-electron chi connectivity index (χ3n) is 7.95. The number of hydrogen-bond acceptors (Lipinski definition) is 10. The van der Waals surface area contributed by atoms with E-state index >= 15 is 0 Å². The van der Waals surface area contributed by atoms with E-state index in [0.29, 0.717) is 0 Å². The summed E-state index contributed by atoms with van der Waals surface area (Å²) in [5, 5.41) is 26.6. The molecule has 1 aliphatic heterocycles. The molecule has 1 saturated heterocycles. The zero-order valence-electron chi connectivity index (χ0n) is 31.2. The molecule has 1 aromatic carbocycles. The third kappa shape index (κ3) is 15.0. The summed E-state index contributed by atoms with van der Waals surface area (Å²) in [6.45, 7) is 15.7. The zero-order valence-corrected chi connectivity index (χ0v) is 32.0. The van der Waals surface area contributed by atoms with Crippen LogP contribution in [0.4, 0.5) is 0 Å². The Bertz CT molecular complexity index is 1590. The van der Waals surface area contributed by atoms with Crippen molar-refractivity contribution in [3.8, 4) is 0 Å². The van der Waals surface area contributed by atoms with Gasteiger partial charge in [0.2, 0.25) is 29.5 Å². The van der Waals surface area contributed by atoms with Gasteiger partial charge in [-0.2, -0.15) is 11.8 Å². The Balaban J connectivity index is 2.43. The molecular formula is C36H52N8O9S. The molecule has 1 heterocycles. The molecule has 18 heteroatoms. The number of nitrogens with one attached hydrogen (secondary N) is 7. The molecule has 10 N–H and O–H groups in total. The van der Waals surface area contributed by atoms with Crippen LogP contribution < -0.4 is 43.0 Å². The molecular weight excluding hydrogens is 721 g/mol. The first kappa shape index (κ1) is 44.9. The highest BCUT2D eigenvalue weighted by atomic mass is 32.2. The number of thioether (sulfide) groups is 1. The van der Waals surface area contributed by atoms with Crippen molar-refractivity contribution in [1.29, 1.82) is 0 Å². The van der Waals surface area contributed by atoms with Crippen molar-refractivity contribution in [2.45, 2.75) is 90.1 Å². The van der Waals surface area contributed by atoms with E-state index in [1.54, 1.807) is 52.0 Å². The van der Waals surface area contributed by atoms with Gasteiger partial charge in [-0.15, -0.1) is 0 Å². The van der Waals surface area contributed by atoms with Crippen molar-refractivity contribution < 1.29 is 43.5 Å². The molecule has 2 rings (SSSR count). The number of aliphatic carboxylic acids is 1. The molecule has 296 valence electrons. The van der Waals surface area contributed by atoms with E-state index in [9.17, 15) is 43.5 Å². The average molecular weight is 773 g/mol. The number of benzene rings is 1. The Morgan fingerprint density at radius 1 is 0.889 bits per heavy atom. The molecule has 6 atom stereocenters. The van der Waals surface area contributed by atoms with Crippen LogP contribution in [0, 0.1) is 11.8 Å². The Labute approximate surface area is 318 Å². The highest BCUT2D eigenvalue weighted by Crippen LogP contribution is 2.13. The smallest absolute Gasteiger partial charge is 0.325 e. The van der Waals surface area contributed by atoms with Crippen LogP contribution in [-0.2, 0) is 44.8 Å². The van der Waals surface area contributed by atoms with E-state index in [0.717, 1.165) is 17.3 Å². The first-order valence-corrected chi connectivity index (χ1v) is 18.6. The van der Waals surface area contributed by atoms with E-state index in [1.807, 2.05) is 6.07 Å². The lowest BCUT2D eigenvalue weighted by Crippen LogP contribution is -2.58. The summed E-state index contributed by atoms with van der Waals surface area (Å²) >= 11 is 0.943. The van der Waals surface area contributed by atoms with E-state index in [-0.39, 0.29) is 42.6 Å². The fourth-order valence-corrected chi connectivity index (χ4v) is 6.11. The summed E-state index contributed by atoms with van der Waals surface area (Å²) in [5.41, 5.74) is 5.99. The summed E-state index contributed by atoms with van der Waals surface area (Å²) in [6, 6.07) is 1.45. The maximum atomic E-state index is 13.7. The Morgan fingerprint density at radius 3 is 2.06 bits per heavy atom. The SMILES string of the molecule is C=C1NC(=O)[C@H](CC(C)C)NC(=O)[C@H](NC(=O)C(=C)NC(=O)[C@@H](N)Cc2ccccc2)CSC[C@@H](C(=O)N[C@@H](C)C(=O)O)NC(=O)[C@H](CC(C)C)NC1=O. The molecule has 1 aromatic rings. The van der Waals surface area contributed by atoms with E-state index < -0.39 is 95.0 Å². The minimum absolute atomic E-state index is 0.114. The number of carbonyl (C=O) groups excluding carboxylic acids is 7. The maximum absolute atomic E-state index is 13.7. The third-order valence-corrected chi connectivity index (χ3v) is 9.09. The predicted molar refractivity (Wildman–Crippen MR) is 202 cm³/mol. The van der Waals surface area contributed by atoms with E-state index in [4.69, 9.17) is 5.73 Å². The summed E-state index contributed by atoms with van der Waals surface area (Å²) in [4.78, 5) is 105. The van der Waals surface area contributed by atoms with Gasteiger partial charge in [0.1, 0.15) is 30.2 Å². The van der Waals surface area contributed by atoms with Gasteiger partial charge in [0, 0.05) is 11.5 Å². The topological polar surface area (TPSA) is 267 Å². The molecule has 0 spiro atoms. The summed E-state index contributed by atoms with van der Waals surface area (Å²) in [7, 11) is 0. The van der Waals surface area contributed by atoms with Gasteiger partial charge >= 0.3 is 5.97 Å². The number of rotatable bonds is 13. The van der Waals surface area contributed by atoms with E-state index in [1.165, 1.54) is 6.92 Å². The lowest BCUT2D eigenvalue weighted by Gasteiger charge is -2.27. The molecule has 0 radical (unpaired) electrons. The molecule has 7 amide bonds. The quantitative estimate of drug-likeness (QED) is 0.112. The van der Waals surface area contributed by atoms with Crippen LogP contribution in [-0.4, -0.2) is 100 Å². The zero-order chi connectivity index (χ0) is 40.7. The predicted octanol–water partition coefficient (Wildman–Crippen LogP) is -0.816. The van der Waals surface area contributed by atoms with Crippen molar-refractivity contribution in [1.82, 2.24) is 37.2 Å². The highest BCUT2D eigenvalue weighted by molar-refractivity contribution is 7.99. The number of hydrogen-bond donors (Lipinski definition) is 9. The van der Waals surface area contributed by atoms with Crippen LogP contribution in [0.2, 0.25) is 0 Å². The summed E-state index contributed by atoms with van der Waals surface area (Å²) in [5.74, 6) is -7.81. The lowest BCUT2D eigenvalue weighted by atomic mass is 10.0. The second-order valence-corrected chi connectivity index (χ2v) is 14.8. The molecule has 0 saturated carbocycles. The normalized spacial score (nSPS) is 21.4. The Hall–Kier alpha value is -5.23. The van der Waals surface area contributed by atoms with Crippen LogP contribution in [0.1, 0.15) is 53.0 Å². The van der Waals surface area contributed by atoms with Gasteiger partial charge in [0.15, 0.2) is 0 Å². The molecule has 0 unspecified atom stereocenters. The standard InChI is InChI=1S/C36H52N8O9S/c1-18(2)13-25-32(48)39-21(6)29(45)41-26(14-19(3)4)33(49)44-27(34(50)40-22(7)36(52)53)16-54-17-28(35(51)42-25)43-30(46)20(5)38-31(47)24(37)15-23-11-9-8-10-12-23/h8-12,18-19,22,24-28H,5-6,13-17,37H2,1-4,7H3,(H,38,47)(H,39,48)(H,40,50)(H,41,45)(H,42,51)(H,43,46)(H,44,49)(H,52,53)/t22-,24-,25-,26-,27-,28+/m0/s1. The number of carbonyl (C=O) groups is 8. The molecule has 0 bridgehead atoms. The Morgan fingerprint density at radius 2 is 1.48 bits per heavy atom. The van der Waals surface area contributed by atoms with E-state index in [2.05, 4.69) is 50.4 Å². The number of carboxylic acid groups (broad SMARTS) is 1. The van der Waals surface area contributed by atoms with Gasteiger partial charge in [-0.05, 0) is 43.6 Å². The monoisotopic (exact) mass is 772 g/mol. The molecule has 54 heavy (non-hydrogen) atoms. The van der Waals surface area contributed by atoms with Crippen LogP contribution in [0.3, 0.4) is 0 Å². The average Bonchev–Trinajstić information content (AvgIpc) is 3.09. The summed E-state index contributed by atoms with van der Waals surface area (Å²) in [6.07, 6.45) is 0.416. The van der Waals surface area contributed by atoms with Gasteiger partial charge in [-0.3, -0.25) is 38.4 Å². The van der Waals surface area contributed by atoms with Gasteiger partial charge in [0.25, 0.3) is 11.8 Å². The molecule has 0 aromatic heterocycles. The molecule has 17 nitrogen and oxygen atoms in total. The molecule has 1 aliphatic rings. The fourth-order valence-electron chi connectivity index (χ4n) is 5.04. The first-order chi connectivity index (χ1) is 25.3. The fraction of sp³-hybridized carbons (Fsp3) is 0.500. The largest absolute Gasteiger partial charge is 0.480 e. The van der Waals surface area contributed by atoms with Crippen molar-refractivity contribution in [3.05, 3.63) is 60.4 Å². The van der Waals surface area contributed by atoms with Crippen molar-refractivity contribution in [3.63, 3.8) is 0 Å². The van der Waals surface area contributed by atoms with Crippen LogP contribution in [0.5, 0.6) is 0 Å². The van der Waals surface area contributed by atoms with Gasteiger partial charge < -0.3 is 48.1 Å². The van der Waals surface area contributed by atoms with Crippen molar-refractivity contribution in [2.24, 2.45) is 17.6 Å². The highest BCUT2D eigenvalue weighted by Gasteiger charge is 2.33. The van der Waals surface area contributed by atoms with Crippen molar-refractivity contribution >= 4 is 59.1 Å². The Kier molecular flexibility index (Phi) is 17.9. The molecule has 0 aliphatic carbocycles. The lowest BCUT2D eigenvalue weighted by molar-refractivity contribution is -0.141. The number of amides is 7. The minimum atomic E-state index is -1.40. The van der Waals surface area contributed by atoms with Gasteiger partial charge in [0.05, 0.1) is 17.4 Å². The van der Waals surface area contributed by atoms with Crippen LogP contribution in [0.15, 0.2) is 54.9 Å². The van der Waals surface area contributed by atoms with Gasteiger partial charge in [-0.1, -0.05) is 71.2 Å². The number of nitrogens with two attached hydrogens (primary N) is 1. The van der Waals surface area contributed by atoms with Crippen LogP contribution in [0.25, 0.3) is 0 Å². The maximum Gasteiger partial charge on any atom is 0.325 e. The molecule has 1 fully saturated rings. The first-order valence-electron chi connectivity index (χ1n) is 17.4. The second-order valence-electron chi connectivity index (χ2n) is 13.8. The van der Waals surface area contributed by atoms with Gasteiger partial charge in [-0.25, -0.2) is 0 Å². The minimum Gasteiger partial charge on any atom is -0.480 e. The second kappa shape index (κ2) is 21.5. The summed E-state index contributed by atoms with van der Waals surface area (Å²) < 4.78 is 0. The van der Waals surface area contributed by atoms with Crippen LogP contribution >= 0.6 is 11.8 Å².